The molecule has 0 heterocycles. The Morgan fingerprint density at radius 2 is 1.22 bits per heavy atom. The van der Waals surface area contributed by atoms with Crippen LogP contribution < -0.4 is 37.2 Å². The van der Waals surface area contributed by atoms with Crippen molar-refractivity contribution in [3.05, 3.63) is 10.1 Å². The van der Waals surface area contributed by atoms with Crippen molar-refractivity contribution in [1.29, 1.82) is 0 Å². The molecule has 0 unspecified atom stereocenters. The third-order valence-electron chi connectivity index (χ3n) is 0. The molecule has 0 fully saturated rings. The Morgan fingerprint density at radius 3 is 1.22 bits per heavy atom. The Morgan fingerprint density at radius 1 is 1.22 bits per heavy atom. The summed E-state index contributed by atoms with van der Waals surface area (Å²) in [4.78, 5) is 8.36. The van der Waals surface area contributed by atoms with E-state index in [1.807, 2.05) is 0 Å². The smallest absolute Gasteiger partial charge is 1.00 e. The fourth-order valence-corrected chi connectivity index (χ4v) is 0. The number of rotatable bonds is 0. The molecule has 0 saturated carbocycles. The van der Waals surface area contributed by atoms with E-state index in [9.17, 15) is 0 Å². The molecule has 4 nitrogen and oxygen atoms in total. The minimum absolute atomic E-state index is 0. The van der Waals surface area contributed by atoms with Crippen LogP contribution in [0, 0.1) is 10.1 Å². The van der Waals surface area contributed by atoms with Gasteiger partial charge >= 0.3 is 17.1 Å². The first-order chi connectivity index (χ1) is 1.73. The van der Waals surface area contributed by atoms with Crippen molar-refractivity contribution in [2.45, 2.75) is 0 Å². The van der Waals surface area contributed by atoms with Gasteiger partial charge in [-0.15, -0.1) is 22.5 Å². The van der Waals surface area contributed by atoms with Crippen LogP contribution in [-0.4, -0.2) is 10.3 Å². The van der Waals surface area contributed by atoms with Crippen molar-refractivity contribution < 1.29 is 64.6 Å². The van der Waals surface area contributed by atoms with Gasteiger partial charge < -0.3 is 42.4 Å². The summed E-state index contributed by atoms with van der Waals surface area (Å²) in [5.41, 5.74) is 0. The van der Waals surface area contributed by atoms with Crippen molar-refractivity contribution in [3.8, 4) is 0 Å². The molecule has 9 heteroatoms. The standard InChI is InChI=1S/4ClH.Fe.HNO3/c;;;;;2-1(3)4/h4*1H;;(H,2,3,4)/q;;;;+3;/p-3. The molecule has 61 valence electrons. The topological polar surface area (TPSA) is 63.4 Å². The zero-order valence-electron chi connectivity index (χ0n) is 3.61. The van der Waals surface area contributed by atoms with Crippen LogP contribution in [-0.2, 0) is 17.1 Å². The molecule has 0 aromatic carbocycles. The molecule has 0 aromatic heterocycles. The zero-order chi connectivity index (χ0) is 3.58. The summed E-state index contributed by atoms with van der Waals surface area (Å²) in [6.45, 7) is 0. The average Bonchev–Trinajstić information content (AvgIpc) is 0.811. The molecule has 0 aliphatic carbocycles. The third kappa shape index (κ3) is 543. The van der Waals surface area contributed by atoms with Crippen LogP contribution in [0.25, 0.3) is 0 Å². The summed E-state index contributed by atoms with van der Waals surface area (Å²) in [5, 5.41) is 13.6. The van der Waals surface area contributed by atoms with Gasteiger partial charge in [0.1, 0.15) is 0 Å². The van der Waals surface area contributed by atoms with Crippen LogP contribution in [0.5, 0.6) is 0 Å². The van der Waals surface area contributed by atoms with Crippen molar-refractivity contribution in [2.75, 3.05) is 0 Å². The predicted molar refractivity (Wildman–Crippen MR) is 16.0 cm³/mol. The van der Waals surface area contributed by atoms with E-state index >= 15 is 0 Å². The molecular weight excluding hydrogens is 260 g/mol. The van der Waals surface area contributed by atoms with Crippen molar-refractivity contribution in [3.63, 3.8) is 0 Å². The van der Waals surface area contributed by atoms with Gasteiger partial charge in [-0.3, -0.25) is 0 Å². The van der Waals surface area contributed by atoms with E-state index in [4.69, 9.17) is 15.3 Å². The Balaban J connectivity index is -0.00000000450. The van der Waals surface area contributed by atoms with Crippen LogP contribution in [0.2, 0.25) is 0 Å². The molecule has 0 bridgehead atoms. The van der Waals surface area contributed by atoms with E-state index in [-0.39, 0.29) is 66.7 Å². The van der Waals surface area contributed by atoms with Gasteiger partial charge in [-0.2, -0.15) is 0 Å². The third-order valence-corrected chi connectivity index (χ3v) is 0. The number of hydrogen-bond acceptors (Lipinski definition) is 2. The molecule has 0 aromatic rings. The first-order valence-electron chi connectivity index (χ1n) is 0.565. The van der Waals surface area contributed by atoms with Crippen LogP contribution in [0.1, 0.15) is 0 Å². The molecule has 0 rings (SSSR count). The maximum atomic E-state index is 8.36. The van der Waals surface area contributed by atoms with Crippen LogP contribution in [0.4, 0.5) is 0 Å². The first-order valence-corrected chi connectivity index (χ1v) is 0.565. The maximum Gasteiger partial charge on any atom is 3.00 e. The van der Waals surface area contributed by atoms with Crippen molar-refractivity contribution in [1.82, 2.24) is 0 Å². The summed E-state index contributed by atoms with van der Waals surface area (Å²) in [6.07, 6.45) is 0. The van der Waals surface area contributed by atoms with Gasteiger partial charge in [0.2, 0.25) is 0 Å². The van der Waals surface area contributed by atoms with E-state index in [1.165, 1.54) is 0 Å². The number of halogens is 4. The monoisotopic (exact) mass is 260 g/mol. The summed E-state index contributed by atoms with van der Waals surface area (Å²) < 4.78 is 0. The minimum atomic E-state index is -1.50. The van der Waals surface area contributed by atoms with Gasteiger partial charge in [0.05, 0.1) is 0 Å². The van der Waals surface area contributed by atoms with Gasteiger partial charge in [-0.05, 0) is 0 Å². The first kappa shape index (κ1) is 51.8. The molecule has 0 spiro atoms. The second-order valence-corrected chi connectivity index (χ2v) is 0.238. The Labute approximate surface area is 87.0 Å². The molecule has 0 aliphatic heterocycles. The SMILES string of the molecule is Cl.O=[N+]([O-])O.[Cl-].[Cl-].[Cl-].[Fe+3]. The molecule has 9 heavy (non-hydrogen) atoms. The van der Waals surface area contributed by atoms with Crippen molar-refractivity contribution in [2.24, 2.45) is 0 Å². The number of hydrogen-bond donors (Lipinski definition) is 1. The summed E-state index contributed by atoms with van der Waals surface area (Å²) in [5.74, 6) is 0. The number of nitrogens with zero attached hydrogens (tertiary/aromatic N) is 1. The van der Waals surface area contributed by atoms with Crippen LogP contribution in [0.3, 0.4) is 0 Å². The second-order valence-electron chi connectivity index (χ2n) is 0.238. The second kappa shape index (κ2) is 36.6. The largest absolute Gasteiger partial charge is 3.00 e. The van der Waals surface area contributed by atoms with E-state index in [2.05, 4.69) is 0 Å². The summed E-state index contributed by atoms with van der Waals surface area (Å²) in [6, 6.07) is 0. The Kier molecular flexibility index (Phi) is 211. The quantitative estimate of drug-likeness (QED) is 0.268. The Hall–Kier alpha value is 0.879. The fraction of sp³-hybridized carbons (Fsp3) is 0. The van der Waals surface area contributed by atoms with E-state index in [1.54, 1.807) is 0 Å². The molecule has 1 N–H and O–H groups in total. The molecule has 1 radical (unpaired) electrons. The molecule has 0 saturated heterocycles. The van der Waals surface area contributed by atoms with E-state index in [0.29, 0.717) is 0 Å². The van der Waals surface area contributed by atoms with Gasteiger partial charge in [0.25, 0.3) is 5.09 Å². The summed E-state index contributed by atoms with van der Waals surface area (Å²) >= 11 is 0. The maximum absolute atomic E-state index is 8.36. The predicted octanol–water partition coefficient (Wildman–Crippen LogP) is -8.92. The van der Waals surface area contributed by atoms with E-state index < -0.39 is 5.09 Å². The molecule has 0 amide bonds. The molecular formula is H2Cl4FeNO3. The zero-order valence-corrected chi connectivity index (χ0v) is 7.80. The van der Waals surface area contributed by atoms with Gasteiger partial charge in [0.15, 0.2) is 0 Å². The van der Waals surface area contributed by atoms with Crippen molar-refractivity contribution >= 4 is 12.4 Å². The fourth-order valence-electron chi connectivity index (χ4n) is 0. The van der Waals surface area contributed by atoms with Crippen LogP contribution in [0.15, 0.2) is 0 Å². The Bertz CT molecular complexity index is 38.8. The summed E-state index contributed by atoms with van der Waals surface area (Å²) in [7, 11) is 0. The molecule has 0 atom stereocenters. The van der Waals surface area contributed by atoms with Gasteiger partial charge in [-0.25, -0.2) is 0 Å². The van der Waals surface area contributed by atoms with Gasteiger partial charge in [-0.1, -0.05) is 0 Å². The average molecular weight is 262 g/mol. The normalized spacial score (nSPS) is 2.67. The van der Waals surface area contributed by atoms with E-state index in [0.717, 1.165) is 0 Å². The minimum Gasteiger partial charge on any atom is -1.00 e. The van der Waals surface area contributed by atoms with Gasteiger partial charge in [0, 0.05) is 0 Å². The molecule has 0 aliphatic rings. The van der Waals surface area contributed by atoms with Crippen LogP contribution >= 0.6 is 12.4 Å².